The smallest absolute Gasteiger partial charge is 0.270 e. The van der Waals surface area contributed by atoms with Gasteiger partial charge in [-0.05, 0) is 33.9 Å². The molecule has 4 rings (SSSR count). The number of fused-ring (bicyclic) bond motifs is 2. The van der Waals surface area contributed by atoms with Gasteiger partial charge in [0.15, 0.2) is 0 Å². The molecule has 4 nitrogen and oxygen atoms in total. The first-order valence-electron chi connectivity index (χ1n) is 8.51. The van der Waals surface area contributed by atoms with Crippen molar-refractivity contribution in [3.8, 4) is 0 Å². The number of amides is 1. The molecule has 0 saturated carbocycles. The predicted molar refractivity (Wildman–Crippen MR) is 103 cm³/mol. The summed E-state index contributed by atoms with van der Waals surface area (Å²) in [4.78, 5) is 16.7. The summed E-state index contributed by atoms with van der Waals surface area (Å²) < 4.78 is 0. The van der Waals surface area contributed by atoms with Crippen LogP contribution >= 0.6 is 0 Å². The number of nitrogens with one attached hydrogen (secondary N) is 1. The number of nitrogens with zero attached hydrogens (tertiary/aromatic N) is 1. The summed E-state index contributed by atoms with van der Waals surface area (Å²) in [6.07, 6.45) is 0.843. The van der Waals surface area contributed by atoms with Crippen molar-refractivity contribution in [3.63, 3.8) is 0 Å². The van der Waals surface area contributed by atoms with Crippen LogP contribution in [0.4, 0.5) is 0 Å². The zero-order chi connectivity index (χ0) is 17.9. The van der Waals surface area contributed by atoms with Gasteiger partial charge in [0.2, 0.25) is 0 Å². The lowest BCUT2D eigenvalue weighted by atomic mass is 10.0. The van der Waals surface area contributed by atoms with Crippen LogP contribution in [0.25, 0.3) is 21.5 Å². The van der Waals surface area contributed by atoms with E-state index >= 15 is 0 Å². The molecule has 0 aliphatic carbocycles. The second kappa shape index (κ2) is 6.94. The normalized spacial score (nSPS) is 12.2. The Balaban J connectivity index is 1.51. The van der Waals surface area contributed by atoms with E-state index in [0.717, 1.165) is 27.1 Å². The highest BCUT2D eigenvalue weighted by Gasteiger charge is 2.14. The van der Waals surface area contributed by atoms with E-state index in [0.29, 0.717) is 5.69 Å². The minimum Gasteiger partial charge on any atom is -0.387 e. The van der Waals surface area contributed by atoms with Crippen LogP contribution in [0.15, 0.2) is 79.0 Å². The first kappa shape index (κ1) is 16.2. The van der Waals surface area contributed by atoms with Crippen LogP contribution in [0.1, 0.15) is 22.2 Å². The molecule has 0 radical (unpaired) electrons. The Hall–Kier alpha value is -3.24. The van der Waals surface area contributed by atoms with Crippen LogP contribution < -0.4 is 5.32 Å². The van der Waals surface area contributed by atoms with Gasteiger partial charge < -0.3 is 10.4 Å². The summed E-state index contributed by atoms with van der Waals surface area (Å²) in [6, 6.07) is 23.3. The monoisotopic (exact) mass is 342 g/mol. The van der Waals surface area contributed by atoms with Crippen LogP contribution in [-0.2, 0) is 0 Å². The maximum absolute atomic E-state index is 12.5. The van der Waals surface area contributed by atoms with Crippen molar-refractivity contribution >= 4 is 27.5 Å². The second-order valence-electron chi connectivity index (χ2n) is 6.21. The maximum atomic E-state index is 12.5. The van der Waals surface area contributed by atoms with E-state index in [2.05, 4.69) is 10.3 Å². The summed E-state index contributed by atoms with van der Waals surface area (Å²) in [7, 11) is 0. The van der Waals surface area contributed by atoms with Gasteiger partial charge in [-0.15, -0.1) is 0 Å². The number of carbonyl (C=O) groups is 1. The molecule has 0 spiro atoms. The highest BCUT2D eigenvalue weighted by atomic mass is 16.3. The van der Waals surface area contributed by atoms with Crippen LogP contribution in [-0.4, -0.2) is 22.5 Å². The Labute approximate surface area is 151 Å². The molecule has 0 fully saturated rings. The van der Waals surface area contributed by atoms with Gasteiger partial charge in [0.25, 0.3) is 5.91 Å². The lowest BCUT2D eigenvalue weighted by molar-refractivity contribution is 0.0913. The van der Waals surface area contributed by atoms with Crippen molar-refractivity contribution in [3.05, 3.63) is 90.3 Å². The van der Waals surface area contributed by atoms with Crippen LogP contribution in [0.5, 0.6) is 0 Å². The van der Waals surface area contributed by atoms with E-state index in [1.165, 1.54) is 0 Å². The largest absolute Gasteiger partial charge is 0.387 e. The van der Waals surface area contributed by atoms with Crippen LogP contribution in [0.2, 0.25) is 0 Å². The molecule has 128 valence electrons. The molecule has 0 saturated heterocycles. The van der Waals surface area contributed by atoms with Crippen LogP contribution in [0, 0.1) is 0 Å². The molecule has 26 heavy (non-hydrogen) atoms. The fourth-order valence-electron chi connectivity index (χ4n) is 3.11. The Bertz CT molecular complexity index is 1090. The lowest BCUT2D eigenvalue weighted by Crippen LogP contribution is -2.29. The minimum absolute atomic E-state index is 0.127. The number of aliphatic hydroxyl groups excluding tert-OH is 1. The number of aromatic nitrogens is 1. The van der Waals surface area contributed by atoms with E-state index in [9.17, 15) is 9.90 Å². The van der Waals surface area contributed by atoms with Crippen LogP contribution in [0.3, 0.4) is 0 Å². The predicted octanol–water partition coefficient (Wildman–Crippen LogP) is 3.85. The van der Waals surface area contributed by atoms with Crippen molar-refractivity contribution < 1.29 is 9.90 Å². The number of aliphatic hydroxyl groups is 1. The molecule has 0 aliphatic heterocycles. The summed E-state index contributed by atoms with van der Waals surface area (Å²) >= 11 is 0. The molecule has 0 aliphatic rings. The minimum atomic E-state index is -0.779. The Morgan fingerprint density at radius 2 is 1.65 bits per heavy atom. The van der Waals surface area contributed by atoms with E-state index in [1.807, 2.05) is 72.8 Å². The van der Waals surface area contributed by atoms with Gasteiger partial charge in [-0.1, -0.05) is 60.7 Å². The number of carbonyl (C=O) groups excluding carboxylic acids is 1. The van der Waals surface area contributed by atoms with Crippen molar-refractivity contribution in [2.75, 3.05) is 6.54 Å². The molecular weight excluding hydrogens is 324 g/mol. The maximum Gasteiger partial charge on any atom is 0.270 e. The zero-order valence-corrected chi connectivity index (χ0v) is 14.1. The van der Waals surface area contributed by atoms with Gasteiger partial charge in [-0.25, -0.2) is 0 Å². The molecule has 1 atom stereocenters. The molecule has 1 unspecified atom stereocenters. The standard InChI is InChI=1S/C22H18N2O2/c25-20(18-10-9-15-5-1-2-7-17(15)13-18)14-24-22(26)21-19-8-4-3-6-16(19)11-12-23-21/h1-13,20,25H,14H2,(H,24,26). The Morgan fingerprint density at radius 1 is 0.923 bits per heavy atom. The molecule has 0 bridgehead atoms. The summed E-state index contributed by atoms with van der Waals surface area (Å²) in [5, 5.41) is 17.2. The molecule has 3 aromatic carbocycles. The average Bonchev–Trinajstić information content (AvgIpc) is 2.71. The fraction of sp³-hybridized carbons (Fsp3) is 0.0909. The van der Waals surface area contributed by atoms with Gasteiger partial charge in [0.05, 0.1) is 6.10 Å². The lowest BCUT2D eigenvalue weighted by Gasteiger charge is -2.13. The third-order valence-corrected chi connectivity index (χ3v) is 4.50. The van der Waals surface area contributed by atoms with Crippen molar-refractivity contribution in [2.45, 2.75) is 6.10 Å². The molecular formula is C22H18N2O2. The molecule has 1 aromatic heterocycles. The molecule has 2 N–H and O–H groups in total. The zero-order valence-electron chi connectivity index (χ0n) is 14.1. The third-order valence-electron chi connectivity index (χ3n) is 4.50. The van der Waals surface area contributed by atoms with E-state index in [-0.39, 0.29) is 12.5 Å². The molecule has 1 heterocycles. The molecule has 4 aromatic rings. The highest BCUT2D eigenvalue weighted by molar-refractivity contribution is 6.05. The number of hydrogen-bond acceptors (Lipinski definition) is 3. The number of rotatable bonds is 4. The quantitative estimate of drug-likeness (QED) is 0.592. The molecule has 1 amide bonds. The first-order chi connectivity index (χ1) is 12.7. The summed E-state index contributed by atoms with van der Waals surface area (Å²) in [5.41, 5.74) is 1.14. The van der Waals surface area contributed by atoms with Crippen molar-refractivity contribution in [2.24, 2.45) is 0 Å². The fourth-order valence-corrected chi connectivity index (χ4v) is 3.11. The topological polar surface area (TPSA) is 62.2 Å². The van der Waals surface area contributed by atoms with Gasteiger partial charge in [0.1, 0.15) is 5.69 Å². The first-order valence-corrected chi connectivity index (χ1v) is 8.51. The van der Waals surface area contributed by atoms with Crippen molar-refractivity contribution in [1.29, 1.82) is 0 Å². The van der Waals surface area contributed by atoms with Crippen molar-refractivity contribution in [1.82, 2.24) is 10.3 Å². The average molecular weight is 342 g/mol. The number of pyridine rings is 1. The Morgan fingerprint density at radius 3 is 2.50 bits per heavy atom. The number of benzene rings is 3. The number of hydrogen-bond donors (Lipinski definition) is 2. The van der Waals surface area contributed by atoms with E-state index in [1.54, 1.807) is 6.20 Å². The summed E-state index contributed by atoms with van der Waals surface area (Å²) in [6.45, 7) is 0.127. The summed E-state index contributed by atoms with van der Waals surface area (Å²) in [5.74, 6) is -0.290. The van der Waals surface area contributed by atoms with E-state index < -0.39 is 6.10 Å². The van der Waals surface area contributed by atoms with Gasteiger partial charge in [-0.2, -0.15) is 0 Å². The van der Waals surface area contributed by atoms with E-state index in [4.69, 9.17) is 0 Å². The van der Waals surface area contributed by atoms with Gasteiger partial charge >= 0.3 is 0 Å². The molecule has 4 heteroatoms. The highest BCUT2D eigenvalue weighted by Crippen LogP contribution is 2.20. The SMILES string of the molecule is O=C(NCC(O)c1ccc2ccccc2c1)c1nccc2ccccc12. The second-order valence-corrected chi connectivity index (χ2v) is 6.21. The Kier molecular flexibility index (Phi) is 4.33. The van der Waals surface area contributed by atoms with Gasteiger partial charge in [-0.3, -0.25) is 9.78 Å². The van der Waals surface area contributed by atoms with Gasteiger partial charge in [0, 0.05) is 18.1 Å². The third kappa shape index (κ3) is 3.15.